The third-order valence-electron chi connectivity index (χ3n) is 5.58. The fraction of sp³-hybridized carbons (Fsp3) is 0.0625. The lowest BCUT2D eigenvalue weighted by Crippen LogP contribution is -1.95. The van der Waals surface area contributed by atoms with Gasteiger partial charge in [0.2, 0.25) is 0 Å². The monoisotopic (exact) mass is 428 g/mol. The molecule has 0 amide bonds. The zero-order chi connectivity index (χ0) is 23.0. The summed E-state index contributed by atoms with van der Waals surface area (Å²) in [6.45, 7) is 4.00. The second-order valence-electron chi connectivity index (χ2n) is 7.53. The van der Waals surface area contributed by atoms with Crippen molar-refractivity contribution in [3.8, 4) is 50.3 Å². The molecule has 0 spiro atoms. The smallest absolute Gasteiger partial charge is 0.124 e. The molecule has 0 saturated carbocycles. The first-order chi connectivity index (χ1) is 16.3. The summed E-state index contributed by atoms with van der Waals surface area (Å²) in [6.07, 6.45) is 0. The van der Waals surface area contributed by atoms with E-state index in [0.29, 0.717) is 0 Å². The van der Waals surface area contributed by atoms with Crippen LogP contribution in [0.3, 0.4) is 0 Å². The van der Waals surface area contributed by atoms with Crippen molar-refractivity contribution in [2.45, 2.75) is 13.8 Å². The molecule has 162 valence electrons. The number of benzene rings is 5. The fourth-order valence-corrected chi connectivity index (χ4v) is 4.21. The Balaban J connectivity index is 0.00000126. The Morgan fingerprint density at radius 3 is 1.15 bits per heavy atom. The van der Waals surface area contributed by atoms with E-state index in [0.717, 1.165) is 44.5 Å². The van der Waals surface area contributed by atoms with Gasteiger partial charge in [0.1, 0.15) is 5.75 Å². The Hall–Kier alpha value is -4.10. The molecule has 5 aromatic carbocycles. The average molecular weight is 429 g/mol. The normalized spacial score (nSPS) is 10.2. The maximum atomic E-state index is 11.3. The quantitative estimate of drug-likeness (QED) is 0.303. The molecule has 0 heterocycles. The molecule has 0 fully saturated rings. The molecular formula is C32H28O. The van der Waals surface area contributed by atoms with Crippen molar-refractivity contribution in [1.29, 1.82) is 0 Å². The molecule has 0 saturated heterocycles. The van der Waals surface area contributed by atoms with Crippen LogP contribution in [0.5, 0.6) is 5.75 Å². The Bertz CT molecular complexity index is 1290. The van der Waals surface area contributed by atoms with Crippen LogP contribution in [-0.2, 0) is 0 Å². The molecular weight excluding hydrogens is 400 g/mol. The van der Waals surface area contributed by atoms with E-state index in [1.807, 2.05) is 80.6 Å². The van der Waals surface area contributed by atoms with Crippen LogP contribution < -0.4 is 0 Å². The molecule has 33 heavy (non-hydrogen) atoms. The van der Waals surface area contributed by atoms with Crippen LogP contribution in [0.2, 0.25) is 0 Å². The second kappa shape index (κ2) is 10.5. The van der Waals surface area contributed by atoms with Gasteiger partial charge in [-0.3, -0.25) is 0 Å². The standard InChI is InChI=1S/C30H22O.C2H6/c31-27-21-26(22-13-5-1-6-14-22)28(23-15-7-2-8-16-23)30(25-19-11-4-12-20-25)29(27)24-17-9-3-10-18-24;1-2/h1-21,31H;1-2H3. The summed E-state index contributed by atoms with van der Waals surface area (Å²) in [5, 5.41) is 11.3. The van der Waals surface area contributed by atoms with E-state index in [-0.39, 0.29) is 5.75 Å². The molecule has 0 aliphatic carbocycles. The van der Waals surface area contributed by atoms with Gasteiger partial charge in [-0.05, 0) is 39.4 Å². The van der Waals surface area contributed by atoms with Gasteiger partial charge in [-0.15, -0.1) is 0 Å². The molecule has 0 radical (unpaired) electrons. The number of phenols is 1. The zero-order valence-electron chi connectivity index (χ0n) is 19.1. The number of hydrogen-bond donors (Lipinski definition) is 1. The highest BCUT2D eigenvalue weighted by Gasteiger charge is 2.22. The first-order valence-corrected chi connectivity index (χ1v) is 11.4. The van der Waals surface area contributed by atoms with E-state index in [4.69, 9.17) is 0 Å². The molecule has 0 aliphatic rings. The van der Waals surface area contributed by atoms with Gasteiger partial charge in [0, 0.05) is 11.1 Å². The third-order valence-corrected chi connectivity index (χ3v) is 5.58. The molecule has 5 rings (SSSR count). The molecule has 0 bridgehead atoms. The van der Waals surface area contributed by atoms with Crippen molar-refractivity contribution in [2.75, 3.05) is 0 Å². The van der Waals surface area contributed by atoms with Crippen molar-refractivity contribution in [1.82, 2.24) is 0 Å². The second-order valence-corrected chi connectivity index (χ2v) is 7.53. The highest BCUT2D eigenvalue weighted by Crippen LogP contribution is 2.49. The van der Waals surface area contributed by atoms with Crippen LogP contribution in [0, 0.1) is 0 Å². The summed E-state index contributed by atoms with van der Waals surface area (Å²) in [4.78, 5) is 0. The third kappa shape index (κ3) is 4.58. The highest BCUT2D eigenvalue weighted by atomic mass is 16.3. The predicted molar refractivity (Wildman–Crippen MR) is 141 cm³/mol. The molecule has 0 atom stereocenters. The highest BCUT2D eigenvalue weighted by molar-refractivity contribution is 6.03. The lowest BCUT2D eigenvalue weighted by Gasteiger charge is -2.22. The maximum Gasteiger partial charge on any atom is 0.124 e. The number of rotatable bonds is 4. The molecule has 0 aromatic heterocycles. The van der Waals surface area contributed by atoms with Crippen LogP contribution in [0.15, 0.2) is 127 Å². The Labute approximate surface area is 196 Å². The molecule has 0 aliphatic heterocycles. The van der Waals surface area contributed by atoms with Gasteiger partial charge < -0.3 is 5.11 Å². The summed E-state index contributed by atoms with van der Waals surface area (Å²) in [7, 11) is 0. The zero-order valence-corrected chi connectivity index (χ0v) is 19.1. The van der Waals surface area contributed by atoms with E-state index < -0.39 is 0 Å². The maximum absolute atomic E-state index is 11.3. The van der Waals surface area contributed by atoms with Crippen LogP contribution >= 0.6 is 0 Å². The van der Waals surface area contributed by atoms with Gasteiger partial charge in [0.05, 0.1) is 0 Å². The van der Waals surface area contributed by atoms with Gasteiger partial charge in [0.25, 0.3) is 0 Å². The van der Waals surface area contributed by atoms with E-state index in [9.17, 15) is 5.11 Å². The largest absolute Gasteiger partial charge is 0.507 e. The lowest BCUT2D eigenvalue weighted by atomic mass is 9.82. The van der Waals surface area contributed by atoms with Crippen molar-refractivity contribution in [3.05, 3.63) is 127 Å². The van der Waals surface area contributed by atoms with Crippen molar-refractivity contribution in [2.24, 2.45) is 0 Å². The van der Waals surface area contributed by atoms with E-state index in [1.165, 1.54) is 0 Å². The topological polar surface area (TPSA) is 20.2 Å². The van der Waals surface area contributed by atoms with Crippen LogP contribution in [0.4, 0.5) is 0 Å². The fourth-order valence-electron chi connectivity index (χ4n) is 4.21. The Morgan fingerprint density at radius 1 is 0.394 bits per heavy atom. The molecule has 5 aromatic rings. The summed E-state index contributed by atoms with van der Waals surface area (Å²) >= 11 is 0. The van der Waals surface area contributed by atoms with E-state index in [2.05, 4.69) is 60.7 Å². The number of phenolic OH excluding ortho intramolecular Hbond substituents is 1. The summed E-state index contributed by atoms with van der Waals surface area (Å²) in [5.41, 5.74) is 8.30. The average Bonchev–Trinajstić information content (AvgIpc) is 2.91. The molecule has 1 heteroatoms. The molecule has 0 unspecified atom stereocenters. The van der Waals surface area contributed by atoms with Gasteiger partial charge in [-0.2, -0.15) is 0 Å². The Morgan fingerprint density at radius 2 is 0.727 bits per heavy atom. The molecule has 1 N–H and O–H groups in total. The molecule has 1 nitrogen and oxygen atoms in total. The number of hydrogen-bond acceptors (Lipinski definition) is 1. The SMILES string of the molecule is CC.Oc1cc(-c2ccccc2)c(-c2ccccc2)c(-c2ccccc2)c1-c1ccccc1. The van der Waals surface area contributed by atoms with Crippen LogP contribution in [0.1, 0.15) is 13.8 Å². The summed E-state index contributed by atoms with van der Waals surface area (Å²) in [5.74, 6) is 0.281. The first kappa shape index (κ1) is 22.1. The van der Waals surface area contributed by atoms with Crippen molar-refractivity contribution in [3.63, 3.8) is 0 Å². The summed E-state index contributed by atoms with van der Waals surface area (Å²) in [6, 6.07) is 43.1. The van der Waals surface area contributed by atoms with Gasteiger partial charge >= 0.3 is 0 Å². The van der Waals surface area contributed by atoms with Gasteiger partial charge in [-0.25, -0.2) is 0 Å². The van der Waals surface area contributed by atoms with E-state index in [1.54, 1.807) is 0 Å². The minimum absolute atomic E-state index is 0.281. The van der Waals surface area contributed by atoms with Crippen LogP contribution in [-0.4, -0.2) is 5.11 Å². The first-order valence-electron chi connectivity index (χ1n) is 11.4. The number of aromatic hydroxyl groups is 1. The van der Waals surface area contributed by atoms with E-state index >= 15 is 0 Å². The Kier molecular flexibility index (Phi) is 7.02. The van der Waals surface area contributed by atoms with Gasteiger partial charge in [-0.1, -0.05) is 135 Å². The van der Waals surface area contributed by atoms with Crippen molar-refractivity contribution < 1.29 is 5.11 Å². The minimum Gasteiger partial charge on any atom is -0.507 e. The van der Waals surface area contributed by atoms with Crippen molar-refractivity contribution >= 4 is 0 Å². The lowest BCUT2D eigenvalue weighted by molar-refractivity contribution is 0.478. The van der Waals surface area contributed by atoms with Crippen LogP contribution in [0.25, 0.3) is 44.5 Å². The summed E-state index contributed by atoms with van der Waals surface area (Å²) < 4.78 is 0. The van der Waals surface area contributed by atoms with Gasteiger partial charge in [0.15, 0.2) is 0 Å². The predicted octanol–water partition coefficient (Wildman–Crippen LogP) is 9.09. The minimum atomic E-state index is 0.281.